The molecule has 1 heterocycles. The van der Waals surface area contributed by atoms with Crippen LogP contribution in [0.15, 0.2) is 72.8 Å². The van der Waals surface area contributed by atoms with Crippen LogP contribution in [-0.2, 0) is 6.61 Å². The highest BCUT2D eigenvalue weighted by atomic mass is 32.1. The fraction of sp³-hybridized carbons (Fsp3) is 0.296. The largest absolute Gasteiger partial charge is 0.508 e. The van der Waals surface area contributed by atoms with Crippen LogP contribution in [0.25, 0.3) is 0 Å². The summed E-state index contributed by atoms with van der Waals surface area (Å²) in [5, 5.41) is 30.7. The van der Waals surface area contributed by atoms with Crippen LogP contribution >= 0.6 is 12.2 Å². The molecule has 33 heavy (non-hydrogen) atoms. The lowest BCUT2D eigenvalue weighted by molar-refractivity contribution is 0.160. The summed E-state index contributed by atoms with van der Waals surface area (Å²) >= 11 is 5.78. The standard InChI is InChI=1S/C27H28FNO3S/c28-21-12-10-19(11-13-21)24(31)8-4-5-20-16-26(33)29(22-6-2-1-3-7-22)27(20)23-14-9-18(17-30)15-25(23)32/h1-3,6-7,9-15,20,24,27,30-32H,4-5,8,16-17H2/t20-,24?,27-/m0/s1. The molecule has 3 N–H and O–H groups in total. The molecule has 172 valence electrons. The molecule has 3 atom stereocenters. The molecule has 0 spiro atoms. The van der Waals surface area contributed by atoms with Crippen molar-refractivity contribution in [3.05, 3.63) is 95.3 Å². The van der Waals surface area contributed by atoms with E-state index in [1.54, 1.807) is 18.2 Å². The predicted molar refractivity (Wildman–Crippen MR) is 132 cm³/mol. The lowest BCUT2D eigenvalue weighted by Crippen LogP contribution is -2.28. The van der Waals surface area contributed by atoms with Crippen molar-refractivity contribution in [1.29, 1.82) is 0 Å². The quantitative estimate of drug-likeness (QED) is 0.366. The van der Waals surface area contributed by atoms with Gasteiger partial charge in [-0.15, -0.1) is 0 Å². The Morgan fingerprint density at radius 1 is 1.03 bits per heavy atom. The first-order valence-electron chi connectivity index (χ1n) is 11.2. The number of phenols is 1. The van der Waals surface area contributed by atoms with E-state index in [1.165, 1.54) is 12.1 Å². The lowest BCUT2D eigenvalue weighted by atomic mass is 9.87. The number of rotatable bonds is 8. The Labute approximate surface area is 198 Å². The Kier molecular flexibility index (Phi) is 7.38. The minimum absolute atomic E-state index is 0.135. The van der Waals surface area contributed by atoms with Crippen molar-refractivity contribution in [3.8, 4) is 5.75 Å². The lowest BCUT2D eigenvalue weighted by Gasteiger charge is -2.31. The normalized spacial score (nSPS) is 19.1. The monoisotopic (exact) mass is 465 g/mol. The van der Waals surface area contributed by atoms with Gasteiger partial charge in [-0.2, -0.15) is 0 Å². The number of para-hydroxylation sites is 1. The minimum atomic E-state index is -0.653. The molecule has 3 aromatic carbocycles. The van der Waals surface area contributed by atoms with Gasteiger partial charge < -0.3 is 20.2 Å². The number of aliphatic hydroxyl groups excluding tert-OH is 2. The molecule has 1 aliphatic heterocycles. The van der Waals surface area contributed by atoms with E-state index in [2.05, 4.69) is 4.90 Å². The third-order valence-electron chi connectivity index (χ3n) is 6.37. The first-order chi connectivity index (χ1) is 16.0. The van der Waals surface area contributed by atoms with Crippen molar-refractivity contribution >= 4 is 22.9 Å². The number of benzene rings is 3. The maximum absolute atomic E-state index is 13.2. The zero-order valence-corrected chi connectivity index (χ0v) is 19.1. The highest BCUT2D eigenvalue weighted by molar-refractivity contribution is 7.80. The van der Waals surface area contributed by atoms with Crippen molar-refractivity contribution in [2.24, 2.45) is 5.92 Å². The number of aliphatic hydroxyl groups is 2. The van der Waals surface area contributed by atoms with Gasteiger partial charge in [-0.25, -0.2) is 4.39 Å². The summed E-state index contributed by atoms with van der Waals surface area (Å²) in [4.78, 5) is 2.94. The first kappa shape index (κ1) is 23.4. The minimum Gasteiger partial charge on any atom is -0.508 e. The van der Waals surface area contributed by atoms with Gasteiger partial charge in [-0.3, -0.25) is 0 Å². The second-order valence-corrected chi connectivity index (χ2v) is 9.03. The maximum Gasteiger partial charge on any atom is 0.123 e. The van der Waals surface area contributed by atoms with E-state index in [-0.39, 0.29) is 30.1 Å². The van der Waals surface area contributed by atoms with E-state index in [0.29, 0.717) is 24.0 Å². The van der Waals surface area contributed by atoms with Crippen LogP contribution in [0.4, 0.5) is 10.1 Å². The van der Waals surface area contributed by atoms with Crippen molar-refractivity contribution in [2.75, 3.05) is 4.90 Å². The van der Waals surface area contributed by atoms with Gasteiger partial charge in [0.1, 0.15) is 11.6 Å². The Balaban J connectivity index is 1.55. The van der Waals surface area contributed by atoms with Crippen LogP contribution in [0, 0.1) is 11.7 Å². The molecule has 0 radical (unpaired) electrons. The first-order valence-corrected chi connectivity index (χ1v) is 11.6. The highest BCUT2D eigenvalue weighted by Crippen LogP contribution is 2.46. The number of hydrogen-bond donors (Lipinski definition) is 3. The molecule has 6 heteroatoms. The third-order valence-corrected chi connectivity index (χ3v) is 6.73. The van der Waals surface area contributed by atoms with Gasteiger partial charge in [0.25, 0.3) is 0 Å². The molecule has 1 aliphatic rings. The molecular weight excluding hydrogens is 437 g/mol. The number of phenolic OH excluding ortho intramolecular Hbond substituents is 1. The van der Waals surface area contributed by atoms with Crippen molar-refractivity contribution in [2.45, 2.75) is 44.4 Å². The van der Waals surface area contributed by atoms with E-state index >= 15 is 0 Å². The van der Waals surface area contributed by atoms with Crippen LogP contribution < -0.4 is 4.90 Å². The Morgan fingerprint density at radius 2 is 1.76 bits per heavy atom. The van der Waals surface area contributed by atoms with Crippen LogP contribution in [0.1, 0.15) is 54.5 Å². The van der Waals surface area contributed by atoms with E-state index < -0.39 is 6.10 Å². The number of aromatic hydroxyl groups is 1. The third kappa shape index (κ3) is 5.24. The second-order valence-electron chi connectivity index (χ2n) is 8.56. The predicted octanol–water partition coefficient (Wildman–Crippen LogP) is 5.82. The SMILES string of the molecule is OCc1ccc([C@@H]2[C@@H](CCCC(O)c3ccc(F)cc3)CC(=S)N2c2ccccc2)c(O)c1. The average Bonchev–Trinajstić information content (AvgIpc) is 3.15. The van der Waals surface area contributed by atoms with Crippen LogP contribution in [0.3, 0.4) is 0 Å². The summed E-state index contributed by atoms with van der Waals surface area (Å²) in [6, 6.07) is 21.0. The fourth-order valence-corrected chi connectivity index (χ4v) is 5.14. The molecule has 4 nitrogen and oxygen atoms in total. The highest BCUT2D eigenvalue weighted by Gasteiger charge is 2.40. The zero-order chi connectivity index (χ0) is 23.4. The van der Waals surface area contributed by atoms with Crippen molar-refractivity contribution < 1.29 is 19.7 Å². The smallest absolute Gasteiger partial charge is 0.123 e. The average molecular weight is 466 g/mol. The molecule has 0 amide bonds. The summed E-state index contributed by atoms with van der Waals surface area (Å²) in [7, 11) is 0. The van der Waals surface area contributed by atoms with Gasteiger partial charge in [-0.05, 0) is 60.2 Å². The van der Waals surface area contributed by atoms with Crippen LogP contribution in [-0.4, -0.2) is 20.3 Å². The number of halogens is 1. The number of thiocarbonyl (C=S) groups is 1. The molecular formula is C27H28FNO3S. The summed E-state index contributed by atoms with van der Waals surface area (Å²) in [6.45, 7) is -0.135. The van der Waals surface area contributed by atoms with Gasteiger partial charge in [0.05, 0.1) is 23.7 Å². The Hall–Kier alpha value is -2.80. The molecule has 1 fully saturated rings. The Morgan fingerprint density at radius 3 is 2.42 bits per heavy atom. The van der Waals surface area contributed by atoms with Gasteiger partial charge >= 0.3 is 0 Å². The molecule has 0 aliphatic carbocycles. The maximum atomic E-state index is 13.2. The van der Waals surface area contributed by atoms with Gasteiger partial charge in [-0.1, -0.05) is 61.1 Å². The van der Waals surface area contributed by atoms with E-state index in [9.17, 15) is 19.7 Å². The molecule has 3 aromatic rings. The van der Waals surface area contributed by atoms with Gasteiger partial charge in [0, 0.05) is 17.7 Å². The topological polar surface area (TPSA) is 63.9 Å². The fourth-order valence-electron chi connectivity index (χ4n) is 4.71. The van der Waals surface area contributed by atoms with Crippen molar-refractivity contribution in [1.82, 2.24) is 0 Å². The van der Waals surface area contributed by atoms with Gasteiger partial charge in [0.2, 0.25) is 0 Å². The zero-order valence-electron chi connectivity index (χ0n) is 18.3. The number of anilines is 1. The number of nitrogens with zero attached hydrogens (tertiary/aromatic N) is 1. The second kappa shape index (κ2) is 10.4. The summed E-state index contributed by atoms with van der Waals surface area (Å²) < 4.78 is 13.2. The molecule has 0 bridgehead atoms. The summed E-state index contributed by atoms with van der Waals surface area (Å²) in [6.07, 6.45) is 2.19. The molecule has 1 unspecified atom stereocenters. The Bertz CT molecular complexity index is 1090. The van der Waals surface area contributed by atoms with E-state index in [4.69, 9.17) is 12.2 Å². The van der Waals surface area contributed by atoms with Gasteiger partial charge in [0.15, 0.2) is 0 Å². The van der Waals surface area contributed by atoms with E-state index in [0.717, 1.165) is 29.1 Å². The molecule has 4 rings (SSSR count). The molecule has 1 saturated heterocycles. The van der Waals surface area contributed by atoms with Crippen LogP contribution in [0.2, 0.25) is 0 Å². The van der Waals surface area contributed by atoms with Crippen molar-refractivity contribution in [3.63, 3.8) is 0 Å². The summed E-state index contributed by atoms with van der Waals surface area (Å²) in [5.74, 6) is -0.0150. The van der Waals surface area contributed by atoms with E-state index in [1.807, 2.05) is 42.5 Å². The van der Waals surface area contributed by atoms with Crippen LogP contribution in [0.5, 0.6) is 5.75 Å². The number of hydrogen-bond acceptors (Lipinski definition) is 4. The summed E-state index contributed by atoms with van der Waals surface area (Å²) in [5.41, 5.74) is 3.12. The molecule has 0 aromatic heterocycles. The molecule has 0 saturated carbocycles.